The van der Waals surface area contributed by atoms with Crippen LogP contribution in [0.4, 0.5) is 0 Å². The maximum atomic E-state index is 14.4. The fraction of sp³-hybridized carbons (Fsp3) is 0.216. The van der Waals surface area contributed by atoms with Gasteiger partial charge in [0.1, 0.15) is 0 Å². The second-order valence-corrected chi connectivity index (χ2v) is 12.1. The summed E-state index contributed by atoms with van der Waals surface area (Å²) in [7, 11) is 3.12. The Hall–Kier alpha value is -5.15. The molecule has 2 aromatic heterocycles. The maximum absolute atomic E-state index is 14.4. The number of hydrogen-bond acceptors (Lipinski definition) is 7. The van der Waals surface area contributed by atoms with Gasteiger partial charge in [-0.25, -0.2) is 9.79 Å². The van der Waals surface area contributed by atoms with E-state index in [1.807, 2.05) is 42.5 Å². The number of nitrogens with zero attached hydrogens (tertiary/aromatic N) is 3. The minimum Gasteiger partial charge on any atom is -0.493 e. The number of carbonyl (C=O) groups excluding carboxylic acids is 1. The molecule has 3 heterocycles. The molecule has 1 aliphatic heterocycles. The fourth-order valence-corrected chi connectivity index (χ4v) is 6.94. The molecule has 0 fully saturated rings. The molecule has 0 bridgehead atoms. The number of fused-ring (bicyclic) bond motifs is 1. The van der Waals surface area contributed by atoms with E-state index in [9.17, 15) is 9.59 Å². The number of esters is 1. The van der Waals surface area contributed by atoms with Gasteiger partial charge in [0.2, 0.25) is 0 Å². The van der Waals surface area contributed by atoms with Crippen molar-refractivity contribution in [2.45, 2.75) is 33.7 Å². The van der Waals surface area contributed by atoms with E-state index in [1.165, 1.54) is 16.9 Å². The average Bonchev–Trinajstić information content (AvgIpc) is 3.53. The van der Waals surface area contributed by atoms with Gasteiger partial charge in [-0.3, -0.25) is 9.36 Å². The smallest absolute Gasteiger partial charge is 0.338 e. The van der Waals surface area contributed by atoms with Crippen LogP contribution < -0.4 is 24.4 Å². The van der Waals surface area contributed by atoms with Crippen molar-refractivity contribution in [2.75, 3.05) is 20.8 Å². The van der Waals surface area contributed by atoms with Crippen molar-refractivity contribution in [3.05, 3.63) is 138 Å². The molecule has 0 saturated heterocycles. The van der Waals surface area contributed by atoms with E-state index < -0.39 is 12.0 Å². The fourth-order valence-electron chi connectivity index (χ4n) is 5.94. The molecule has 0 saturated carbocycles. The summed E-state index contributed by atoms with van der Waals surface area (Å²) < 4.78 is 21.0. The van der Waals surface area contributed by atoms with Crippen LogP contribution in [0.1, 0.15) is 46.6 Å². The maximum Gasteiger partial charge on any atom is 0.338 e. The molecule has 5 aromatic rings. The van der Waals surface area contributed by atoms with Gasteiger partial charge in [0, 0.05) is 22.6 Å². The third-order valence-electron chi connectivity index (χ3n) is 8.15. The molecule has 234 valence electrons. The second kappa shape index (κ2) is 12.7. The van der Waals surface area contributed by atoms with E-state index in [2.05, 4.69) is 55.7 Å². The molecule has 0 N–H and O–H groups in total. The Morgan fingerprint density at radius 1 is 0.935 bits per heavy atom. The first-order chi connectivity index (χ1) is 22.2. The minimum absolute atomic E-state index is 0.171. The van der Waals surface area contributed by atoms with Crippen molar-refractivity contribution in [3.8, 4) is 17.2 Å². The highest BCUT2D eigenvalue weighted by atomic mass is 32.1. The Labute approximate surface area is 271 Å². The van der Waals surface area contributed by atoms with Gasteiger partial charge >= 0.3 is 5.97 Å². The number of thiazole rings is 1. The molecule has 0 radical (unpaired) electrons. The van der Waals surface area contributed by atoms with Crippen LogP contribution in [0, 0.1) is 20.8 Å². The van der Waals surface area contributed by atoms with Gasteiger partial charge in [-0.1, -0.05) is 65.4 Å². The number of benzene rings is 3. The van der Waals surface area contributed by atoms with Crippen LogP contribution in [-0.2, 0) is 9.53 Å². The van der Waals surface area contributed by atoms with Gasteiger partial charge in [-0.05, 0) is 75.2 Å². The van der Waals surface area contributed by atoms with E-state index in [0.29, 0.717) is 32.1 Å². The highest BCUT2D eigenvalue weighted by molar-refractivity contribution is 7.07. The van der Waals surface area contributed by atoms with Gasteiger partial charge < -0.3 is 18.8 Å². The Bertz CT molecular complexity index is 2160. The molecule has 8 nitrogen and oxygen atoms in total. The lowest BCUT2D eigenvalue weighted by atomic mass is 9.93. The summed E-state index contributed by atoms with van der Waals surface area (Å²) in [6.45, 7) is 8.10. The first-order valence-electron chi connectivity index (χ1n) is 15.0. The molecular weight excluding hydrogens is 598 g/mol. The Morgan fingerprint density at radius 2 is 1.65 bits per heavy atom. The molecule has 1 aliphatic rings. The number of methoxy groups -OCH3 is 2. The molecule has 46 heavy (non-hydrogen) atoms. The summed E-state index contributed by atoms with van der Waals surface area (Å²) in [6.07, 6.45) is 1.92. The molecule has 0 spiro atoms. The van der Waals surface area contributed by atoms with Gasteiger partial charge in [0.25, 0.3) is 5.56 Å². The monoisotopic (exact) mass is 633 g/mol. The Morgan fingerprint density at radius 3 is 2.33 bits per heavy atom. The first kappa shape index (κ1) is 30.9. The quantitative estimate of drug-likeness (QED) is 0.206. The van der Waals surface area contributed by atoms with Gasteiger partial charge in [0.15, 0.2) is 16.3 Å². The van der Waals surface area contributed by atoms with Crippen LogP contribution in [-0.4, -0.2) is 35.9 Å². The molecule has 0 aliphatic carbocycles. The summed E-state index contributed by atoms with van der Waals surface area (Å²) >= 11 is 1.30. The summed E-state index contributed by atoms with van der Waals surface area (Å²) in [5.74, 6) is 0.473. The number of aryl methyl sites for hydroxylation is 2. The van der Waals surface area contributed by atoms with E-state index in [1.54, 1.807) is 37.8 Å². The lowest BCUT2D eigenvalue weighted by molar-refractivity contribution is -0.138. The Balaban J connectivity index is 1.61. The number of carbonyl (C=O) groups is 1. The summed E-state index contributed by atoms with van der Waals surface area (Å²) in [6, 6.07) is 24.5. The molecule has 6 rings (SSSR count). The SMILES string of the molecule is CCOC(=O)C1=C(c2ccccc2)N=c2s/c(=C\c3cc(C)n(-c4ccc(C)cc4)c3C)c(=O)n2[C@H]1c1ccc(OC)c(OC)c1. The standard InChI is InChI=1S/C37H35N3O5S/c1-7-45-36(42)32-33(25-11-9-8-10-12-25)38-37-40(34(32)26-15-18-29(43-5)30(20-26)44-6)35(41)31(46-37)21-27-19-23(3)39(24(27)4)28-16-13-22(2)14-17-28/h8-21,34H,7H2,1-6H3/b31-21-/t34-/m0/s1. The number of hydrogen-bond donors (Lipinski definition) is 0. The van der Waals surface area contributed by atoms with Gasteiger partial charge in [0.05, 0.1) is 42.7 Å². The normalized spacial score (nSPS) is 14.6. The van der Waals surface area contributed by atoms with Crippen LogP contribution >= 0.6 is 11.3 Å². The van der Waals surface area contributed by atoms with E-state index in [4.69, 9.17) is 19.2 Å². The molecule has 0 amide bonds. The third kappa shape index (κ3) is 5.47. The zero-order valence-corrected chi connectivity index (χ0v) is 27.5. The second-order valence-electron chi connectivity index (χ2n) is 11.0. The van der Waals surface area contributed by atoms with Crippen LogP contribution in [0.5, 0.6) is 11.5 Å². The van der Waals surface area contributed by atoms with E-state index in [0.717, 1.165) is 28.2 Å². The number of aromatic nitrogens is 2. The molecule has 0 unspecified atom stereocenters. The summed E-state index contributed by atoms with van der Waals surface area (Å²) in [5.41, 5.74) is 7.14. The zero-order valence-electron chi connectivity index (χ0n) is 26.7. The zero-order chi connectivity index (χ0) is 32.5. The predicted molar refractivity (Wildman–Crippen MR) is 181 cm³/mol. The van der Waals surface area contributed by atoms with Crippen molar-refractivity contribution in [1.29, 1.82) is 0 Å². The van der Waals surface area contributed by atoms with Gasteiger partial charge in [-0.2, -0.15) is 0 Å². The Kier molecular flexibility index (Phi) is 8.51. The molecule has 3 aromatic carbocycles. The third-order valence-corrected chi connectivity index (χ3v) is 9.13. The van der Waals surface area contributed by atoms with Gasteiger partial charge in [-0.15, -0.1) is 0 Å². The largest absolute Gasteiger partial charge is 0.493 e. The van der Waals surface area contributed by atoms with E-state index >= 15 is 0 Å². The summed E-state index contributed by atoms with van der Waals surface area (Å²) in [5, 5.41) is 0. The lowest BCUT2D eigenvalue weighted by Crippen LogP contribution is -2.40. The van der Waals surface area contributed by atoms with Crippen molar-refractivity contribution < 1.29 is 19.0 Å². The van der Waals surface area contributed by atoms with Crippen molar-refractivity contribution in [1.82, 2.24) is 9.13 Å². The minimum atomic E-state index is -0.826. The lowest BCUT2D eigenvalue weighted by Gasteiger charge is -2.26. The predicted octanol–water partition coefficient (Wildman–Crippen LogP) is 5.67. The van der Waals surface area contributed by atoms with Crippen molar-refractivity contribution >= 4 is 29.1 Å². The highest BCUT2D eigenvalue weighted by Crippen LogP contribution is 2.38. The highest BCUT2D eigenvalue weighted by Gasteiger charge is 2.35. The van der Waals surface area contributed by atoms with Crippen molar-refractivity contribution in [2.24, 2.45) is 4.99 Å². The van der Waals surface area contributed by atoms with Crippen LogP contribution in [0.15, 0.2) is 94.2 Å². The van der Waals surface area contributed by atoms with Crippen LogP contribution in [0.2, 0.25) is 0 Å². The number of ether oxygens (including phenoxy) is 3. The van der Waals surface area contributed by atoms with Crippen LogP contribution in [0.3, 0.4) is 0 Å². The first-order valence-corrected chi connectivity index (χ1v) is 15.8. The topological polar surface area (TPSA) is 84.1 Å². The van der Waals surface area contributed by atoms with E-state index in [-0.39, 0.29) is 17.7 Å². The molecular formula is C37H35N3O5S. The van der Waals surface area contributed by atoms with Crippen molar-refractivity contribution in [3.63, 3.8) is 0 Å². The summed E-state index contributed by atoms with van der Waals surface area (Å²) in [4.78, 5) is 33.6. The average molecular weight is 634 g/mol. The van der Waals surface area contributed by atoms with Crippen LogP contribution in [0.25, 0.3) is 17.5 Å². The molecule has 1 atom stereocenters. The number of rotatable bonds is 8. The molecule has 9 heteroatoms.